The molecule has 2 heterocycles. The zero-order chi connectivity index (χ0) is 14.9. The molecule has 0 aromatic carbocycles. The molecule has 5 nitrogen and oxygen atoms in total. The predicted octanol–water partition coefficient (Wildman–Crippen LogP) is 1.86. The summed E-state index contributed by atoms with van der Waals surface area (Å²) >= 11 is 2.84. The molecule has 7 heteroatoms. The van der Waals surface area contributed by atoms with Crippen molar-refractivity contribution in [3.05, 3.63) is 16.0 Å². The van der Waals surface area contributed by atoms with Crippen LogP contribution in [0, 0.1) is 0 Å². The fourth-order valence-electron chi connectivity index (χ4n) is 1.95. The Bertz CT molecular complexity index is 586. The van der Waals surface area contributed by atoms with Crippen molar-refractivity contribution >= 4 is 29.5 Å². The number of aromatic nitrogens is 2. The van der Waals surface area contributed by atoms with Crippen LogP contribution in [-0.2, 0) is 23.0 Å². The fourth-order valence-corrected chi connectivity index (χ4v) is 3.98. The highest BCUT2D eigenvalue weighted by atomic mass is 32.2. The van der Waals surface area contributed by atoms with Crippen molar-refractivity contribution in [2.75, 3.05) is 6.61 Å². The minimum absolute atomic E-state index is 0.0251. The van der Waals surface area contributed by atoms with Gasteiger partial charge in [0.1, 0.15) is 5.25 Å². The van der Waals surface area contributed by atoms with Gasteiger partial charge in [0.05, 0.1) is 17.2 Å². The molecule has 0 aliphatic carbocycles. The highest BCUT2D eigenvalue weighted by molar-refractivity contribution is 8.00. The van der Waals surface area contributed by atoms with Gasteiger partial charge < -0.3 is 4.74 Å². The molecule has 1 aliphatic heterocycles. The summed E-state index contributed by atoms with van der Waals surface area (Å²) in [5, 5.41) is 0.578. The summed E-state index contributed by atoms with van der Waals surface area (Å²) in [6.07, 6.45) is 0.803. The molecule has 0 saturated heterocycles. The zero-order valence-electron chi connectivity index (χ0n) is 12.0. The van der Waals surface area contributed by atoms with Crippen molar-refractivity contribution in [1.29, 1.82) is 0 Å². The van der Waals surface area contributed by atoms with E-state index in [4.69, 9.17) is 4.74 Å². The highest BCUT2D eigenvalue weighted by Gasteiger charge is 2.26. The van der Waals surface area contributed by atoms with E-state index in [2.05, 4.69) is 11.9 Å². The maximum Gasteiger partial charge on any atom is 0.319 e. The van der Waals surface area contributed by atoms with E-state index in [1.54, 1.807) is 32.7 Å². The average molecular weight is 314 g/mol. The molecule has 1 aliphatic rings. The van der Waals surface area contributed by atoms with Crippen LogP contribution in [0.5, 0.6) is 0 Å². The Hall–Kier alpha value is -0.950. The van der Waals surface area contributed by atoms with E-state index in [9.17, 15) is 9.59 Å². The lowest BCUT2D eigenvalue weighted by atomic mass is 10.2. The van der Waals surface area contributed by atoms with Crippen LogP contribution in [0.15, 0.2) is 14.8 Å². The summed E-state index contributed by atoms with van der Waals surface area (Å²) in [5.41, 5.74) is 0.826. The normalized spacial score (nSPS) is 18.7. The van der Waals surface area contributed by atoms with Gasteiger partial charge in [-0.15, -0.1) is 11.8 Å². The minimum atomic E-state index is -0.377. The van der Waals surface area contributed by atoms with Crippen molar-refractivity contribution in [3.63, 3.8) is 0 Å². The highest BCUT2D eigenvalue weighted by Crippen LogP contribution is 2.34. The van der Waals surface area contributed by atoms with Crippen LogP contribution >= 0.6 is 23.5 Å². The van der Waals surface area contributed by atoms with Gasteiger partial charge in [-0.3, -0.25) is 14.2 Å². The molecule has 0 spiro atoms. The molecular weight excluding hydrogens is 296 g/mol. The molecule has 0 N–H and O–H groups in total. The first-order valence-corrected chi connectivity index (χ1v) is 8.29. The number of rotatable bonds is 4. The molecular formula is C13H18N2O3S2. The molecule has 0 fully saturated rings. The van der Waals surface area contributed by atoms with Crippen LogP contribution < -0.4 is 5.56 Å². The van der Waals surface area contributed by atoms with Crippen LogP contribution in [0.2, 0.25) is 0 Å². The summed E-state index contributed by atoms with van der Waals surface area (Å²) in [4.78, 5) is 29.2. The summed E-state index contributed by atoms with van der Waals surface area (Å²) in [6.45, 7) is 5.98. The third-order valence-electron chi connectivity index (χ3n) is 2.98. The van der Waals surface area contributed by atoms with Crippen LogP contribution in [0.3, 0.4) is 0 Å². The second-order valence-electron chi connectivity index (χ2n) is 4.68. The molecule has 0 amide bonds. The monoisotopic (exact) mass is 314 g/mol. The quantitative estimate of drug-likeness (QED) is 0.480. The Balaban J connectivity index is 2.26. The number of esters is 1. The number of thioether (sulfide) groups is 2. The van der Waals surface area contributed by atoms with Gasteiger partial charge in [-0.1, -0.05) is 18.7 Å². The van der Waals surface area contributed by atoms with Crippen LogP contribution in [-0.4, -0.2) is 32.6 Å². The zero-order valence-corrected chi connectivity index (χ0v) is 13.6. The molecule has 1 aromatic rings. The fraction of sp³-hybridized carbons (Fsp3) is 0.615. The molecule has 20 heavy (non-hydrogen) atoms. The van der Waals surface area contributed by atoms with Crippen molar-refractivity contribution in [3.8, 4) is 0 Å². The van der Waals surface area contributed by atoms with Crippen molar-refractivity contribution < 1.29 is 9.53 Å². The first-order chi connectivity index (χ1) is 9.43. The summed E-state index contributed by atoms with van der Waals surface area (Å²) in [5.74, 6) is -0.282. The van der Waals surface area contributed by atoms with E-state index in [0.29, 0.717) is 17.0 Å². The predicted molar refractivity (Wildman–Crippen MR) is 80.5 cm³/mol. The molecule has 110 valence electrons. The summed E-state index contributed by atoms with van der Waals surface area (Å²) < 4.78 is 6.49. The number of hydrogen-bond donors (Lipinski definition) is 0. The van der Waals surface area contributed by atoms with Crippen molar-refractivity contribution in [2.24, 2.45) is 7.05 Å². The number of fused-ring (bicyclic) bond motifs is 1. The largest absolute Gasteiger partial charge is 0.465 e. The van der Waals surface area contributed by atoms with Crippen molar-refractivity contribution in [1.82, 2.24) is 9.55 Å². The van der Waals surface area contributed by atoms with E-state index in [1.807, 2.05) is 0 Å². The number of ether oxygens (including phenoxy) is 1. The van der Waals surface area contributed by atoms with Crippen LogP contribution in [0.1, 0.15) is 26.5 Å². The van der Waals surface area contributed by atoms with Gasteiger partial charge in [0.25, 0.3) is 5.56 Å². The Morgan fingerprint density at radius 3 is 3.00 bits per heavy atom. The van der Waals surface area contributed by atoms with Crippen LogP contribution in [0.4, 0.5) is 0 Å². The van der Waals surface area contributed by atoms with Crippen LogP contribution in [0.25, 0.3) is 0 Å². The van der Waals surface area contributed by atoms with E-state index in [1.165, 1.54) is 16.3 Å². The third kappa shape index (κ3) is 3.03. The van der Waals surface area contributed by atoms with Crippen molar-refractivity contribution in [2.45, 2.75) is 47.7 Å². The standard InChI is InChI=1S/C13H18N2O3S2/c1-5-18-12(17)8(3)20-13-14-9-6-7(2)19-10(9)11(16)15(13)4/h7-8H,5-6H2,1-4H3. The lowest BCUT2D eigenvalue weighted by Crippen LogP contribution is -2.24. The molecule has 1 aromatic heterocycles. The number of hydrogen-bond acceptors (Lipinski definition) is 6. The lowest BCUT2D eigenvalue weighted by molar-refractivity contribution is -0.142. The number of carbonyl (C=O) groups is 1. The molecule has 2 unspecified atom stereocenters. The van der Waals surface area contributed by atoms with E-state index in [0.717, 1.165) is 17.0 Å². The Morgan fingerprint density at radius 2 is 2.35 bits per heavy atom. The Kier molecular flexibility index (Phi) is 4.80. The van der Waals surface area contributed by atoms with Gasteiger partial charge in [0, 0.05) is 18.7 Å². The van der Waals surface area contributed by atoms with Gasteiger partial charge in [0.2, 0.25) is 0 Å². The van der Waals surface area contributed by atoms with Gasteiger partial charge in [-0.2, -0.15) is 0 Å². The topological polar surface area (TPSA) is 61.2 Å². The lowest BCUT2D eigenvalue weighted by Gasteiger charge is -2.13. The Morgan fingerprint density at radius 1 is 1.65 bits per heavy atom. The summed E-state index contributed by atoms with van der Waals surface area (Å²) in [7, 11) is 1.69. The van der Waals surface area contributed by atoms with E-state index < -0.39 is 0 Å². The van der Waals surface area contributed by atoms with E-state index in [-0.39, 0.29) is 16.8 Å². The second kappa shape index (κ2) is 6.22. The maximum atomic E-state index is 12.3. The van der Waals surface area contributed by atoms with Gasteiger partial charge in [0.15, 0.2) is 5.16 Å². The minimum Gasteiger partial charge on any atom is -0.465 e. The number of carbonyl (C=O) groups excluding carboxylic acids is 1. The first kappa shape index (κ1) is 15.4. The van der Waals surface area contributed by atoms with Gasteiger partial charge in [-0.05, 0) is 13.8 Å². The average Bonchev–Trinajstić information content (AvgIpc) is 2.76. The third-order valence-corrected chi connectivity index (χ3v) is 5.32. The second-order valence-corrected chi connectivity index (χ2v) is 7.44. The first-order valence-electron chi connectivity index (χ1n) is 6.53. The SMILES string of the molecule is CCOC(=O)C(C)Sc1nc2c(c(=O)n1C)SC(C)C2. The maximum absolute atomic E-state index is 12.3. The summed E-state index contributed by atoms with van der Waals surface area (Å²) in [6, 6.07) is 0. The molecule has 2 rings (SSSR count). The molecule has 0 saturated carbocycles. The van der Waals surface area contributed by atoms with E-state index >= 15 is 0 Å². The molecule has 0 bridgehead atoms. The Labute approximate surface area is 126 Å². The molecule has 0 radical (unpaired) electrons. The number of nitrogens with zero attached hydrogens (tertiary/aromatic N) is 2. The van der Waals surface area contributed by atoms with Gasteiger partial charge >= 0.3 is 5.97 Å². The molecule has 2 atom stereocenters. The smallest absolute Gasteiger partial charge is 0.319 e. The van der Waals surface area contributed by atoms with Gasteiger partial charge in [-0.25, -0.2) is 4.98 Å².